The Labute approximate surface area is 281 Å². The second-order valence-electron chi connectivity index (χ2n) is 14.3. The van der Waals surface area contributed by atoms with E-state index in [0.717, 1.165) is 41.8 Å². The van der Waals surface area contributed by atoms with E-state index in [1.54, 1.807) is 4.57 Å². The van der Waals surface area contributed by atoms with E-state index in [0.29, 0.717) is 36.2 Å². The highest BCUT2D eigenvalue weighted by Gasteiger charge is 2.32. The number of hydrogen-bond acceptors (Lipinski definition) is 5. The monoisotopic (exact) mass is 668 g/mol. The van der Waals surface area contributed by atoms with Crippen LogP contribution in [0.1, 0.15) is 89.3 Å². The van der Waals surface area contributed by atoms with Crippen LogP contribution in [0.25, 0.3) is 16.7 Å². The summed E-state index contributed by atoms with van der Waals surface area (Å²) in [7, 11) is 0. The quantitative estimate of drug-likeness (QED) is 0.0789. The molecule has 2 heterocycles. The number of aryl methyl sites for hydroxylation is 1. The Hall–Kier alpha value is -4.16. The smallest absolute Gasteiger partial charge is 0.370 e. The lowest BCUT2D eigenvalue weighted by molar-refractivity contribution is -0.137. The van der Waals surface area contributed by atoms with Gasteiger partial charge in [0.25, 0.3) is 0 Å². The third kappa shape index (κ3) is 11.5. The van der Waals surface area contributed by atoms with Gasteiger partial charge in [0.15, 0.2) is 5.96 Å². The summed E-state index contributed by atoms with van der Waals surface area (Å²) in [5, 5.41) is 4.27. The lowest BCUT2D eigenvalue weighted by Crippen LogP contribution is -2.23. The van der Waals surface area contributed by atoms with E-state index in [1.807, 2.05) is 64.2 Å². The Morgan fingerprint density at radius 2 is 1.60 bits per heavy atom. The molecule has 48 heavy (non-hydrogen) atoms. The SMILES string of the molecule is CC(C)(C)c1cc2cn(-c3ccc(CNCCCN=C(N)N)cc3)c(=O)nc2[nH]1.C[C@H](N)CCc1cc(C(C)(C)C)cc(C(F)(F)F)c1. The number of nitrogens with one attached hydrogen (secondary N) is 2. The van der Waals surface area contributed by atoms with Gasteiger partial charge in [-0.3, -0.25) is 9.56 Å². The summed E-state index contributed by atoms with van der Waals surface area (Å²) in [6, 6.07) is 14.3. The van der Waals surface area contributed by atoms with Gasteiger partial charge in [0, 0.05) is 41.8 Å². The molecule has 4 rings (SSSR count). The van der Waals surface area contributed by atoms with Gasteiger partial charge in [-0.25, -0.2) is 4.79 Å². The van der Waals surface area contributed by atoms with Crippen molar-refractivity contribution in [3.05, 3.63) is 93.2 Å². The fourth-order valence-corrected chi connectivity index (χ4v) is 4.83. The topological polar surface area (TPSA) is 153 Å². The molecule has 0 radical (unpaired) electrons. The lowest BCUT2D eigenvalue weighted by Gasteiger charge is -2.22. The third-order valence-electron chi connectivity index (χ3n) is 7.74. The molecule has 0 fully saturated rings. The van der Waals surface area contributed by atoms with E-state index >= 15 is 0 Å². The van der Waals surface area contributed by atoms with Crippen LogP contribution in [0.2, 0.25) is 0 Å². The molecule has 0 unspecified atom stereocenters. The Balaban J connectivity index is 0.000000286. The predicted octanol–water partition coefficient (Wildman–Crippen LogP) is 6.05. The maximum atomic E-state index is 12.9. The standard InChI is InChI=1S/C21H29N7O.C15H22F3N/c1-21(2,3)17-11-15-13-28(20(29)27-18(15)26-17)16-7-5-14(6-8-16)12-24-9-4-10-25-19(22)23;1-10(19)5-6-11-7-12(14(2,3)4)9-13(8-11)15(16,17)18/h5-8,11,13,24H,4,9-10,12H2,1-3H3,(H4,22,23,25)(H,26,27,29);7-10H,5-6,19H2,1-4H3/t;10-/m.0/s1. The molecule has 262 valence electrons. The minimum Gasteiger partial charge on any atom is -0.370 e. The zero-order valence-corrected chi connectivity index (χ0v) is 29.1. The normalized spacial score (nSPS) is 12.8. The molecule has 0 saturated carbocycles. The summed E-state index contributed by atoms with van der Waals surface area (Å²) in [6.45, 7) is 16.1. The number of nitrogens with two attached hydrogens (primary N) is 3. The lowest BCUT2D eigenvalue weighted by atomic mass is 9.84. The number of aromatic amines is 1. The summed E-state index contributed by atoms with van der Waals surface area (Å²) in [6.07, 6.45) is -0.336. The van der Waals surface area contributed by atoms with Crippen LogP contribution in [-0.2, 0) is 30.0 Å². The molecular formula is C36H51F3N8O. The Bertz CT molecular complexity index is 1690. The van der Waals surface area contributed by atoms with Gasteiger partial charge in [-0.2, -0.15) is 18.2 Å². The number of aliphatic imine (C=N–C) groups is 1. The number of H-pyrrole nitrogens is 1. The second kappa shape index (κ2) is 15.8. The summed E-state index contributed by atoms with van der Waals surface area (Å²) in [5.74, 6) is 0.123. The van der Waals surface area contributed by atoms with E-state index in [-0.39, 0.29) is 28.5 Å². The molecule has 0 aliphatic carbocycles. The van der Waals surface area contributed by atoms with Crippen LogP contribution in [-0.4, -0.2) is 39.6 Å². The van der Waals surface area contributed by atoms with Crippen LogP contribution >= 0.6 is 0 Å². The zero-order valence-electron chi connectivity index (χ0n) is 29.1. The van der Waals surface area contributed by atoms with E-state index in [4.69, 9.17) is 17.2 Å². The van der Waals surface area contributed by atoms with Crippen molar-refractivity contribution in [3.8, 4) is 5.69 Å². The molecule has 0 saturated heterocycles. The molecule has 0 amide bonds. The first-order valence-electron chi connectivity index (χ1n) is 16.2. The molecule has 0 bridgehead atoms. The van der Waals surface area contributed by atoms with Crippen molar-refractivity contribution < 1.29 is 13.2 Å². The van der Waals surface area contributed by atoms with E-state index in [9.17, 15) is 18.0 Å². The van der Waals surface area contributed by atoms with Crippen molar-refractivity contribution in [2.45, 2.75) is 97.3 Å². The minimum absolute atomic E-state index is 0.00682. The van der Waals surface area contributed by atoms with Crippen LogP contribution in [0.5, 0.6) is 0 Å². The molecule has 4 aromatic rings. The zero-order chi connectivity index (χ0) is 35.9. The van der Waals surface area contributed by atoms with E-state index in [1.165, 1.54) is 12.1 Å². The molecule has 0 spiro atoms. The number of halogens is 3. The number of hydrogen-bond donors (Lipinski definition) is 5. The fourth-order valence-electron chi connectivity index (χ4n) is 4.83. The first kappa shape index (κ1) is 38.3. The molecule has 0 aliphatic rings. The predicted molar refractivity (Wildman–Crippen MR) is 190 cm³/mol. The highest BCUT2D eigenvalue weighted by molar-refractivity contribution is 5.76. The fraction of sp³-hybridized carbons (Fsp3) is 0.472. The maximum absolute atomic E-state index is 12.9. The van der Waals surface area contributed by atoms with Crippen molar-refractivity contribution in [3.63, 3.8) is 0 Å². The second-order valence-corrected chi connectivity index (χ2v) is 14.3. The average Bonchev–Trinajstić information content (AvgIpc) is 3.41. The maximum Gasteiger partial charge on any atom is 0.416 e. The third-order valence-corrected chi connectivity index (χ3v) is 7.74. The first-order chi connectivity index (χ1) is 22.2. The summed E-state index contributed by atoms with van der Waals surface area (Å²) >= 11 is 0. The highest BCUT2D eigenvalue weighted by Crippen LogP contribution is 2.34. The Morgan fingerprint density at radius 1 is 0.958 bits per heavy atom. The van der Waals surface area contributed by atoms with Crippen LogP contribution in [0, 0.1) is 0 Å². The van der Waals surface area contributed by atoms with Crippen molar-refractivity contribution in [2.75, 3.05) is 13.1 Å². The molecule has 0 aliphatic heterocycles. The number of rotatable bonds is 10. The Morgan fingerprint density at radius 3 is 2.17 bits per heavy atom. The minimum atomic E-state index is -4.30. The summed E-state index contributed by atoms with van der Waals surface area (Å²) in [4.78, 5) is 23.9. The molecule has 8 N–H and O–H groups in total. The van der Waals surface area contributed by atoms with Gasteiger partial charge in [-0.1, -0.05) is 59.7 Å². The largest absolute Gasteiger partial charge is 0.416 e. The van der Waals surface area contributed by atoms with Crippen molar-refractivity contribution >= 4 is 17.0 Å². The van der Waals surface area contributed by atoms with Gasteiger partial charge in [0.05, 0.1) is 11.3 Å². The van der Waals surface area contributed by atoms with Crippen LogP contribution in [0.4, 0.5) is 13.2 Å². The number of nitrogens with zero attached hydrogens (tertiary/aromatic N) is 3. The van der Waals surface area contributed by atoms with Crippen molar-refractivity contribution in [1.29, 1.82) is 0 Å². The average molecular weight is 669 g/mol. The molecule has 9 nitrogen and oxygen atoms in total. The summed E-state index contributed by atoms with van der Waals surface area (Å²) in [5.41, 5.74) is 20.1. The van der Waals surface area contributed by atoms with Gasteiger partial charge >= 0.3 is 11.9 Å². The number of guanidine groups is 1. The van der Waals surface area contributed by atoms with Crippen LogP contribution in [0.15, 0.2) is 64.5 Å². The van der Waals surface area contributed by atoms with Crippen LogP contribution in [0.3, 0.4) is 0 Å². The van der Waals surface area contributed by atoms with Crippen molar-refractivity contribution in [2.24, 2.45) is 22.2 Å². The van der Waals surface area contributed by atoms with Gasteiger partial charge < -0.3 is 27.5 Å². The molecule has 2 aromatic carbocycles. The van der Waals surface area contributed by atoms with Crippen LogP contribution < -0.4 is 28.2 Å². The van der Waals surface area contributed by atoms with Gasteiger partial charge in [0.2, 0.25) is 0 Å². The number of alkyl halides is 3. The molecule has 2 aromatic heterocycles. The van der Waals surface area contributed by atoms with Gasteiger partial charge in [0.1, 0.15) is 5.65 Å². The Kier molecular flexibility index (Phi) is 12.6. The van der Waals surface area contributed by atoms with Crippen molar-refractivity contribution in [1.82, 2.24) is 19.9 Å². The van der Waals surface area contributed by atoms with E-state index < -0.39 is 11.7 Å². The van der Waals surface area contributed by atoms with Gasteiger partial charge in [-0.15, -0.1) is 0 Å². The number of fused-ring (bicyclic) bond motifs is 1. The first-order valence-corrected chi connectivity index (χ1v) is 16.2. The van der Waals surface area contributed by atoms with E-state index in [2.05, 4.69) is 47.1 Å². The number of aromatic nitrogens is 3. The number of benzene rings is 2. The molecule has 12 heteroatoms. The highest BCUT2D eigenvalue weighted by atomic mass is 19.4. The summed E-state index contributed by atoms with van der Waals surface area (Å²) < 4.78 is 40.3. The van der Waals surface area contributed by atoms with Gasteiger partial charge in [-0.05, 0) is 85.2 Å². The molecule has 1 atom stereocenters. The molecular weight excluding hydrogens is 617 g/mol.